The summed E-state index contributed by atoms with van der Waals surface area (Å²) < 4.78 is 0. The van der Waals surface area contributed by atoms with E-state index in [1.165, 1.54) is 4.88 Å². The van der Waals surface area contributed by atoms with Gasteiger partial charge in [-0.1, -0.05) is 18.2 Å². The SMILES string of the molecule is O=C(CN1CCC[C@H]1c1cccs1)Nc1ccccc1C(=O)NC1CC1. The first-order chi connectivity index (χ1) is 12.7. The van der Waals surface area contributed by atoms with Gasteiger partial charge in [0.2, 0.25) is 5.91 Å². The van der Waals surface area contributed by atoms with Gasteiger partial charge >= 0.3 is 0 Å². The summed E-state index contributed by atoms with van der Waals surface area (Å²) in [5, 5.41) is 8.01. The first-order valence-electron chi connectivity index (χ1n) is 9.18. The van der Waals surface area contributed by atoms with Gasteiger partial charge < -0.3 is 10.6 Å². The first kappa shape index (κ1) is 17.2. The van der Waals surface area contributed by atoms with E-state index in [0.717, 1.165) is 32.2 Å². The van der Waals surface area contributed by atoms with Crippen LogP contribution in [0.25, 0.3) is 0 Å². The lowest BCUT2D eigenvalue weighted by Gasteiger charge is -2.23. The molecule has 4 rings (SSSR count). The summed E-state index contributed by atoms with van der Waals surface area (Å²) in [6, 6.07) is 12.0. The molecule has 1 aliphatic carbocycles. The Kier molecular flexibility index (Phi) is 5.04. The molecule has 2 aliphatic rings. The van der Waals surface area contributed by atoms with Crippen molar-refractivity contribution >= 4 is 28.8 Å². The zero-order valence-corrected chi connectivity index (χ0v) is 15.4. The van der Waals surface area contributed by atoms with Gasteiger partial charge in [-0.2, -0.15) is 0 Å². The van der Waals surface area contributed by atoms with Crippen molar-refractivity contribution in [2.75, 3.05) is 18.4 Å². The van der Waals surface area contributed by atoms with E-state index in [4.69, 9.17) is 0 Å². The standard InChI is InChI=1S/C20H23N3O2S/c24-19(13-23-11-3-7-17(23)18-8-4-12-26-18)22-16-6-2-1-5-15(16)20(25)21-14-9-10-14/h1-2,4-6,8,12,14,17H,3,7,9-11,13H2,(H,21,25)(H,22,24)/t17-/m0/s1. The number of thiophene rings is 1. The molecule has 2 N–H and O–H groups in total. The van der Waals surface area contributed by atoms with E-state index in [1.807, 2.05) is 12.1 Å². The smallest absolute Gasteiger partial charge is 0.253 e. The number of anilines is 1. The van der Waals surface area contributed by atoms with Crippen molar-refractivity contribution in [3.05, 3.63) is 52.2 Å². The number of hydrogen-bond acceptors (Lipinski definition) is 4. The maximum absolute atomic E-state index is 12.6. The fourth-order valence-electron chi connectivity index (χ4n) is 3.47. The molecule has 2 fully saturated rings. The van der Waals surface area contributed by atoms with Crippen LogP contribution < -0.4 is 10.6 Å². The third-order valence-corrected chi connectivity index (χ3v) is 5.91. The van der Waals surface area contributed by atoms with Crippen molar-refractivity contribution in [2.24, 2.45) is 0 Å². The van der Waals surface area contributed by atoms with Gasteiger partial charge in [0.25, 0.3) is 5.91 Å². The molecule has 1 saturated heterocycles. The van der Waals surface area contributed by atoms with Crippen LogP contribution in [0.1, 0.15) is 47.0 Å². The molecule has 1 atom stereocenters. The summed E-state index contributed by atoms with van der Waals surface area (Å²) in [7, 11) is 0. The lowest BCUT2D eigenvalue weighted by atomic mass is 10.1. The number of carbonyl (C=O) groups excluding carboxylic acids is 2. The molecule has 0 bridgehead atoms. The topological polar surface area (TPSA) is 61.4 Å². The lowest BCUT2D eigenvalue weighted by Crippen LogP contribution is -2.33. The summed E-state index contributed by atoms with van der Waals surface area (Å²) >= 11 is 1.75. The van der Waals surface area contributed by atoms with Gasteiger partial charge in [-0.3, -0.25) is 14.5 Å². The third kappa shape index (κ3) is 3.97. The average molecular weight is 369 g/mol. The van der Waals surface area contributed by atoms with Crippen LogP contribution in [0.4, 0.5) is 5.69 Å². The van der Waals surface area contributed by atoms with Crippen LogP contribution in [0.5, 0.6) is 0 Å². The Morgan fingerprint density at radius 2 is 1.96 bits per heavy atom. The molecule has 26 heavy (non-hydrogen) atoms. The summed E-state index contributed by atoms with van der Waals surface area (Å²) in [6.07, 6.45) is 4.28. The van der Waals surface area contributed by atoms with Crippen LogP contribution in [0.3, 0.4) is 0 Å². The molecule has 0 unspecified atom stereocenters. The van der Waals surface area contributed by atoms with Crippen LogP contribution in [0.15, 0.2) is 41.8 Å². The molecule has 6 heteroatoms. The molecule has 2 heterocycles. The minimum absolute atomic E-state index is 0.0693. The second-order valence-corrected chi connectivity index (χ2v) is 7.96. The summed E-state index contributed by atoms with van der Waals surface area (Å²) in [5.74, 6) is -0.179. The fourth-order valence-corrected chi connectivity index (χ4v) is 4.37. The van der Waals surface area contributed by atoms with Gasteiger partial charge in [0.1, 0.15) is 0 Å². The fraction of sp³-hybridized carbons (Fsp3) is 0.400. The van der Waals surface area contributed by atoms with Crippen LogP contribution in [-0.2, 0) is 4.79 Å². The monoisotopic (exact) mass is 369 g/mol. The van der Waals surface area contributed by atoms with Gasteiger partial charge in [-0.25, -0.2) is 0 Å². The van der Waals surface area contributed by atoms with Gasteiger partial charge in [-0.05, 0) is 55.8 Å². The number of rotatable bonds is 6. The van der Waals surface area contributed by atoms with E-state index >= 15 is 0 Å². The van der Waals surface area contributed by atoms with Gasteiger partial charge in [0, 0.05) is 17.0 Å². The van der Waals surface area contributed by atoms with Crippen LogP contribution in [0.2, 0.25) is 0 Å². The maximum Gasteiger partial charge on any atom is 0.253 e. The number of benzene rings is 1. The van der Waals surface area contributed by atoms with E-state index in [0.29, 0.717) is 29.9 Å². The Hall–Kier alpha value is -2.18. The molecule has 0 spiro atoms. The molecule has 5 nitrogen and oxygen atoms in total. The minimum Gasteiger partial charge on any atom is -0.349 e. The molecule has 0 radical (unpaired) electrons. The third-order valence-electron chi connectivity index (χ3n) is 4.94. The Morgan fingerprint density at radius 1 is 1.12 bits per heavy atom. The number of nitrogens with one attached hydrogen (secondary N) is 2. The number of nitrogens with zero attached hydrogens (tertiary/aromatic N) is 1. The van der Waals surface area contributed by atoms with Crippen LogP contribution in [-0.4, -0.2) is 35.8 Å². The van der Waals surface area contributed by atoms with Gasteiger partial charge in [0.05, 0.1) is 17.8 Å². The highest BCUT2D eigenvalue weighted by Gasteiger charge is 2.29. The molecule has 2 aromatic rings. The summed E-state index contributed by atoms with van der Waals surface area (Å²) in [4.78, 5) is 28.5. The Balaban J connectivity index is 1.41. The van der Waals surface area contributed by atoms with Crippen molar-refractivity contribution in [1.82, 2.24) is 10.2 Å². The number of carbonyl (C=O) groups is 2. The molecule has 1 saturated carbocycles. The Morgan fingerprint density at radius 3 is 2.73 bits per heavy atom. The zero-order chi connectivity index (χ0) is 17.9. The largest absolute Gasteiger partial charge is 0.349 e. The van der Waals surface area contributed by atoms with Crippen molar-refractivity contribution in [2.45, 2.75) is 37.8 Å². The maximum atomic E-state index is 12.6. The van der Waals surface area contributed by atoms with E-state index in [1.54, 1.807) is 23.5 Å². The van der Waals surface area contributed by atoms with E-state index in [-0.39, 0.29) is 11.8 Å². The molecule has 1 aromatic carbocycles. The van der Waals surface area contributed by atoms with E-state index in [9.17, 15) is 9.59 Å². The highest BCUT2D eigenvalue weighted by Crippen LogP contribution is 2.34. The second kappa shape index (κ2) is 7.60. The van der Waals surface area contributed by atoms with Crippen molar-refractivity contribution in [3.63, 3.8) is 0 Å². The Bertz CT molecular complexity index is 786. The first-order valence-corrected chi connectivity index (χ1v) is 10.1. The Labute approximate surface area is 157 Å². The van der Waals surface area contributed by atoms with Gasteiger partial charge in [0.15, 0.2) is 0 Å². The van der Waals surface area contributed by atoms with Crippen LogP contribution in [0, 0.1) is 0 Å². The van der Waals surface area contributed by atoms with Crippen molar-refractivity contribution in [1.29, 1.82) is 0 Å². The molecule has 136 valence electrons. The summed E-state index contributed by atoms with van der Waals surface area (Å²) in [6.45, 7) is 1.28. The number of para-hydroxylation sites is 1. The van der Waals surface area contributed by atoms with E-state index < -0.39 is 0 Å². The lowest BCUT2D eigenvalue weighted by molar-refractivity contribution is -0.117. The zero-order valence-electron chi connectivity index (χ0n) is 14.6. The number of likely N-dealkylation sites (tertiary alicyclic amines) is 1. The van der Waals surface area contributed by atoms with E-state index in [2.05, 4.69) is 33.0 Å². The molecule has 2 amide bonds. The molecular formula is C20H23N3O2S. The van der Waals surface area contributed by atoms with Crippen molar-refractivity contribution in [3.8, 4) is 0 Å². The highest BCUT2D eigenvalue weighted by atomic mass is 32.1. The normalized spacial score (nSPS) is 20.1. The minimum atomic E-state index is -0.110. The highest BCUT2D eigenvalue weighted by molar-refractivity contribution is 7.10. The van der Waals surface area contributed by atoms with Crippen molar-refractivity contribution < 1.29 is 9.59 Å². The molecule has 1 aromatic heterocycles. The number of amides is 2. The van der Waals surface area contributed by atoms with Crippen LogP contribution >= 0.6 is 11.3 Å². The quantitative estimate of drug-likeness (QED) is 0.820. The predicted octanol–water partition coefficient (Wildman–Crippen LogP) is 3.42. The number of hydrogen-bond donors (Lipinski definition) is 2. The average Bonchev–Trinajstić information content (AvgIpc) is 3.10. The predicted molar refractivity (Wildman–Crippen MR) is 103 cm³/mol. The molecule has 1 aliphatic heterocycles. The molecular weight excluding hydrogens is 346 g/mol. The van der Waals surface area contributed by atoms with Gasteiger partial charge in [-0.15, -0.1) is 11.3 Å². The summed E-state index contributed by atoms with van der Waals surface area (Å²) in [5.41, 5.74) is 1.12. The second-order valence-electron chi connectivity index (χ2n) is 6.99.